The number of sulfonamides is 1. The lowest BCUT2D eigenvalue weighted by atomic mass is 9.97. The van der Waals surface area contributed by atoms with Crippen molar-refractivity contribution in [2.45, 2.75) is 30.7 Å². The highest BCUT2D eigenvalue weighted by molar-refractivity contribution is 7.89. The highest BCUT2D eigenvalue weighted by Gasteiger charge is 2.20. The van der Waals surface area contributed by atoms with Crippen LogP contribution in [-0.4, -0.2) is 31.3 Å². The first-order valence-corrected chi connectivity index (χ1v) is 7.32. The van der Waals surface area contributed by atoms with Crippen molar-refractivity contribution in [3.05, 3.63) is 29.3 Å². The van der Waals surface area contributed by atoms with Gasteiger partial charge >= 0.3 is 5.97 Å². The highest BCUT2D eigenvalue weighted by Crippen LogP contribution is 2.17. The summed E-state index contributed by atoms with van der Waals surface area (Å²) in [6.07, 6.45) is -0.256. The Balaban J connectivity index is 3.06. The molecule has 0 saturated carbocycles. The quantitative estimate of drug-likeness (QED) is 0.632. The minimum atomic E-state index is -3.91. The predicted molar refractivity (Wildman–Crippen MR) is 71.7 cm³/mol. The maximum Gasteiger partial charge on any atom is 0.303 e. The number of Topliss-reactive ketones (excluding diaryl/α,β-unsaturated/α-hetero) is 1. The maximum atomic E-state index is 12.1. The van der Waals surface area contributed by atoms with Crippen LogP contribution in [0.5, 0.6) is 0 Å². The minimum Gasteiger partial charge on any atom is -0.481 e. The first kappa shape index (κ1) is 16.3. The summed E-state index contributed by atoms with van der Waals surface area (Å²) in [7, 11) is -3.91. The number of primary sulfonamides is 1. The van der Waals surface area contributed by atoms with E-state index in [1.807, 2.05) is 0 Å². The average Bonchev–Trinajstić information content (AvgIpc) is 2.34. The van der Waals surface area contributed by atoms with Crippen LogP contribution in [0.25, 0.3) is 0 Å². The molecule has 0 aromatic heterocycles. The number of rotatable bonds is 6. The lowest BCUT2D eigenvalue weighted by molar-refractivity contribution is -0.137. The minimum absolute atomic E-state index is 0.0206. The van der Waals surface area contributed by atoms with Crippen molar-refractivity contribution in [1.29, 1.82) is 0 Å². The Hall–Kier alpha value is -1.77. The second-order valence-electron chi connectivity index (χ2n) is 4.42. The van der Waals surface area contributed by atoms with E-state index in [0.29, 0.717) is 5.56 Å². The van der Waals surface area contributed by atoms with E-state index < -0.39 is 27.8 Å². The van der Waals surface area contributed by atoms with Gasteiger partial charge in [-0.2, -0.15) is 0 Å². The van der Waals surface area contributed by atoms with Gasteiger partial charge in [0, 0.05) is 12.0 Å². The molecule has 1 aromatic rings. The van der Waals surface area contributed by atoms with Gasteiger partial charge in [0.25, 0.3) is 0 Å². The van der Waals surface area contributed by atoms with Crippen LogP contribution in [0.2, 0.25) is 0 Å². The first-order valence-electron chi connectivity index (χ1n) is 5.78. The summed E-state index contributed by atoms with van der Waals surface area (Å²) >= 11 is 0. The molecule has 1 atom stereocenters. The van der Waals surface area contributed by atoms with Crippen molar-refractivity contribution in [1.82, 2.24) is 0 Å². The van der Waals surface area contributed by atoms with Crippen molar-refractivity contribution < 1.29 is 23.1 Å². The number of ketones is 1. The van der Waals surface area contributed by atoms with Gasteiger partial charge in [0.05, 0.1) is 10.9 Å². The third kappa shape index (κ3) is 4.12. The van der Waals surface area contributed by atoms with Crippen LogP contribution in [-0.2, 0) is 14.8 Å². The topological polar surface area (TPSA) is 141 Å². The third-order valence-corrected chi connectivity index (χ3v) is 3.72. The number of carboxylic acids is 1. The lowest BCUT2D eigenvalue weighted by Gasteiger charge is -2.12. The molecule has 0 bridgehead atoms. The standard InChI is InChI=1S/C12H16N2O5S/c1-7-2-3-8(20(14,18)19)6-9(7)12(17)10(13)4-5-11(15)16/h2-3,6,10H,4-5,13H2,1H3,(H,15,16)(H2,14,18,19). The van der Waals surface area contributed by atoms with E-state index in [1.54, 1.807) is 6.92 Å². The molecule has 8 heteroatoms. The molecule has 0 heterocycles. The number of benzene rings is 1. The fourth-order valence-corrected chi connectivity index (χ4v) is 2.19. The Morgan fingerprint density at radius 3 is 2.45 bits per heavy atom. The Bertz CT molecular complexity index is 639. The van der Waals surface area contributed by atoms with E-state index in [4.69, 9.17) is 16.0 Å². The molecule has 0 fully saturated rings. The second-order valence-corrected chi connectivity index (χ2v) is 5.99. The number of hydrogen-bond acceptors (Lipinski definition) is 5. The molecule has 1 rings (SSSR count). The number of hydrogen-bond donors (Lipinski definition) is 3. The van der Waals surface area contributed by atoms with Crippen molar-refractivity contribution in [3.8, 4) is 0 Å². The van der Waals surface area contributed by atoms with Crippen LogP contribution in [0, 0.1) is 6.92 Å². The Morgan fingerprint density at radius 1 is 1.35 bits per heavy atom. The molecule has 1 unspecified atom stereocenters. The van der Waals surface area contributed by atoms with Gasteiger partial charge in [-0.1, -0.05) is 6.07 Å². The molecule has 0 aliphatic carbocycles. The van der Waals surface area contributed by atoms with Crippen LogP contribution in [0.3, 0.4) is 0 Å². The number of nitrogens with two attached hydrogens (primary N) is 2. The summed E-state index contributed by atoms with van der Waals surface area (Å²) in [6.45, 7) is 1.63. The number of aryl methyl sites for hydroxylation is 1. The molecule has 0 amide bonds. The van der Waals surface area contributed by atoms with Crippen LogP contribution < -0.4 is 10.9 Å². The monoisotopic (exact) mass is 300 g/mol. The number of aliphatic carboxylic acids is 1. The molecule has 0 aliphatic rings. The fourth-order valence-electron chi connectivity index (χ4n) is 1.65. The summed E-state index contributed by atoms with van der Waals surface area (Å²) in [5, 5.41) is 13.6. The summed E-state index contributed by atoms with van der Waals surface area (Å²) < 4.78 is 22.5. The van der Waals surface area contributed by atoms with Crippen molar-refractivity contribution >= 4 is 21.8 Å². The van der Waals surface area contributed by atoms with E-state index in [9.17, 15) is 18.0 Å². The van der Waals surface area contributed by atoms with Crippen LogP contribution >= 0.6 is 0 Å². The van der Waals surface area contributed by atoms with Gasteiger partial charge < -0.3 is 10.8 Å². The second kappa shape index (κ2) is 6.12. The van der Waals surface area contributed by atoms with Crippen molar-refractivity contribution in [2.75, 3.05) is 0 Å². The summed E-state index contributed by atoms with van der Waals surface area (Å²) in [6, 6.07) is 2.91. The van der Waals surface area contributed by atoms with Crippen molar-refractivity contribution in [3.63, 3.8) is 0 Å². The SMILES string of the molecule is Cc1ccc(S(N)(=O)=O)cc1C(=O)C(N)CCC(=O)O. The molecule has 0 radical (unpaired) electrons. The van der Waals surface area contributed by atoms with E-state index in [1.165, 1.54) is 12.1 Å². The molecule has 7 nitrogen and oxygen atoms in total. The van der Waals surface area contributed by atoms with Gasteiger partial charge in [-0.3, -0.25) is 9.59 Å². The molecule has 0 aliphatic heterocycles. The number of carbonyl (C=O) groups is 2. The van der Waals surface area contributed by atoms with Gasteiger partial charge in [-0.25, -0.2) is 13.6 Å². The maximum absolute atomic E-state index is 12.1. The zero-order valence-corrected chi connectivity index (χ0v) is 11.7. The fraction of sp³-hybridized carbons (Fsp3) is 0.333. The van der Waals surface area contributed by atoms with Gasteiger partial charge in [0.15, 0.2) is 5.78 Å². The Morgan fingerprint density at radius 2 is 1.95 bits per heavy atom. The lowest BCUT2D eigenvalue weighted by Crippen LogP contribution is -2.31. The molecule has 20 heavy (non-hydrogen) atoms. The molecule has 1 aromatic carbocycles. The summed E-state index contributed by atoms with van der Waals surface area (Å²) in [5.41, 5.74) is 6.31. The highest BCUT2D eigenvalue weighted by atomic mass is 32.2. The molecular weight excluding hydrogens is 284 g/mol. The normalized spacial score (nSPS) is 12.9. The number of carboxylic acid groups (broad SMARTS) is 1. The zero-order valence-electron chi connectivity index (χ0n) is 10.9. The third-order valence-electron chi connectivity index (χ3n) is 2.81. The van der Waals surface area contributed by atoms with Gasteiger partial charge in [-0.15, -0.1) is 0 Å². The van der Waals surface area contributed by atoms with Gasteiger partial charge in [0.2, 0.25) is 10.0 Å². The first-order chi connectivity index (χ1) is 9.12. The smallest absolute Gasteiger partial charge is 0.303 e. The largest absolute Gasteiger partial charge is 0.481 e. The van der Waals surface area contributed by atoms with Crippen LogP contribution in [0.15, 0.2) is 23.1 Å². The van der Waals surface area contributed by atoms with Crippen LogP contribution in [0.1, 0.15) is 28.8 Å². The Labute approximate surface area is 116 Å². The van der Waals surface area contributed by atoms with E-state index in [2.05, 4.69) is 0 Å². The average molecular weight is 300 g/mol. The molecular formula is C12H16N2O5S. The van der Waals surface area contributed by atoms with E-state index in [-0.39, 0.29) is 23.3 Å². The molecule has 0 saturated heterocycles. The molecule has 0 spiro atoms. The van der Waals surface area contributed by atoms with Crippen molar-refractivity contribution in [2.24, 2.45) is 10.9 Å². The molecule has 5 N–H and O–H groups in total. The van der Waals surface area contributed by atoms with Crippen LogP contribution in [0.4, 0.5) is 0 Å². The van der Waals surface area contributed by atoms with E-state index >= 15 is 0 Å². The van der Waals surface area contributed by atoms with Gasteiger partial charge in [-0.05, 0) is 31.0 Å². The number of carbonyl (C=O) groups excluding carboxylic acids is 1. The molecule has 110 valence electrons. The van der Waals surface area contributed by atoms with E-state index in [0.717, 1.165) is 6.07 Å². The zero-order chi connectivity index (χ0) is 15.5. The Kier molecular flexibility index (Phi) is 4.98. The van der Waals surface area contributed by atoms with Gasteiger partial charge in [0.1, 0.15) is 0 Å². The summed E-state index contributed by atoms with van der Waals surface area (Å²) in [4.78, 5) is 22.4. The summed E-state index contributed by atoms with van der Waals surface area (Å²) in [5.74, 6) is -1.56. The predicted octanol–water partition coefficient (Wildman–Crippen LogP) is 0.0172.